The highest BCUT2D eigenvalue weighted by molar-refractivity contribution is 8.01. The number of aryl methyl sites for hydroxylation is 2. The van der Waals surface area contributed by atoms with Gasteiger partial charge in [-0.05, 0) is 153 Å². The maximum Gasteiger partial charge on any atom is 0.410 e. The van der Waals surface area contributed by atoms with Crippen LogP contribution in [0.3, 0.4) is 0 Å². The number of hydrogen-bond donors (Lipinski definition) is 6. The van der Waals surface area contributed by atoms with E-state index < -0.39 is 111 Å². The van der Waals surface area contributed by atoms with Crippen LogP contribution < -0.4 is 26.6 Å². The maximum atomic E-state index is 15.2. The highest BCUT2D eigenvalue weighted by Crippen LogP contribution is 2.37. The molecule has 0 unspecified atom stereocenters. The van der Waals surface area contributed by atoms with Gasteiger partial charge < -0.3 is 46.1 Å². The third-order valence-electron chi connectivity index (χ3n) is 16.3. The summed E-state index contributed by atoms with van der Waals surface area (Å²) in [6, 6.07) is 15.8. The third-order valence-corrected chi connectivity index (χ3v) is 17.6. The number of amides is 8. The molecule has 86 heavy (non-hydrogen) atoms. The second-order valence-corrected chi connectivity index (χ2v) is 28.4. The average Bonchev–Trinajstić information content (AvgIpc) is 2.49. The molecule has 0 radical (unpaired) electrons. The minimum atomic E-state index is -1.42. The monoisotopic (exact) mass is 1210 g/mol. The van der Waals surface area contributed by atoms with Crippen LogP contribution in [0.1, 0.15) is 173 Å². The fraction of sp³-hybridized carbons (Fsp3) is 0.585. The number of ether oxygens (including phenoxy) is 2. The first kappa shape index (κ1) is 68.0. The van der Waals surface area contributed by atoms with Crippen LogP contribution in [0.15, 0.2) is 72.8 Å². The summed E-state index contributed by atoms with van der Waals surface area (Å²) >= 11 is 0.926. The molecule has 6 N–H and O–H groups in total. The van der Waals surface area contributed by atoms with E-state index in [2.05, 4.69) is 32.7 Å². The smallest absolute Gasteiger partial charge is 0.410 e. The molecule has 1 fully saturated rings. The summed E-state index contributed by atoms with van der Waals surface area (Å²) < 4.78 is 9.75. The number of nitrogens with one attached hydrogen (secondary N) is 5. The zero-order valence-electron chi connectivity index (χ0n) is 52.9. The minimum absolute atomic E-state index is 0.0228. The fourth-order valence-electron chi connectivity index (χ4n) is 11.1. The molecule has 0 spiro atoms. The van der Waals surface area contributed by atoms with Crippen molar-refractivity contribution in [2.75, 3.05) is 26.4 Å². The van der Waals surface area contributed by atoms with Gasteiger partial charge >= 0.3 is 18.2 Å². The summed E-state index contributed by atoms with van der Waals surface area (Å²) in [5.41, 5.74) is 3.17. The predicted molar refractivity (Wildman–Crippen MR) is 330 cm³/mol. The van der Waals surface area contributed by atoms with Crippen LogP contribution in [0, 0.1) is 5.41 Å². The van der Waals surface area contributed by atoms with Crippen LogP contribution in [-0.4, -0.2) is 152 Å². The molecule has 0 saturated carbocycles. The van der Waals surface area contributed by atoms with E-state index in [-0.39, 0.29) is 43.3 Å². The Bertz CT molecular complexity index is 2970. The van der Waals surface area contributed by atoms with Crippen LogP contribution in [0.4, 0.5) is 9.59 Å². The summed E-state index contributed by atoms with van der Waals surface area (Å²) in [7, 11) is 2.85. The van der Waals surface area contributed by atoms with Crippen LogP contribution in [0.2, 0.25) is 0 Å². The lowest BCUT2D eigenvalue weighted by atomic mass is 9.85. The molecule has 20 nitrogen and oxygen atoms in total. The Morgan fingerprint density at radius 3 is 1.58 bits per heavy atom. The molecular formula is C65H92N8O12S. The Hall–Kier alpha value is -7.16. The van der Waals surface area contributed by atoms with Crippen molar-refractivity contribution in [3.05, 3.63) is 106 Å². The number of carboxylic acid groups (broad SMARTS) is 1. The molecule has 1 aliphatic heterocycles. The first-order valence-corrected chi connectivity index (χ1v) is 30.9. The highest BCUT2D eigenvalue weighted by atomic mass is 32.2. The predicted octanol–water partition coefficient (Wildman–Crippen LogP) is 7.91. The van der Waals surface area contributed by atoms with Crippen molar-refractivity contribution < 1.29 is 57.7 Å². The van der Waals surface area contributed by atoms with Crippen molar-refractivity contribution in [3.63, 3.8) is 0 Å². The fourth-order valence-corrected chi connectivity index (χ4v) is 11.9. The van der Waals surface area contributed by atoms with E-state index in [9.17, 15) is 43.5 Å². The van der Waals surface area contributed by atoms with Crippen molar-refractivity contribution in [2.45, 2.75) is 212 Å². The normalized spacial score (nSPS) is 19.5. The van der Waals surface area contributed by atoms with E-state index in [4.69, 9.17) is 9.47 Å². The summed E-state index contributed by atoms with van der Waals surface area (Å²) in [6.07, 6.45) is 3.53. The van der Waals surface area contributed by atoms with Crippen LogP contribution in [0.5, 0.6) is 0 Å². The van der Waals surface area contributed by atoms with Gasteiger partial charge in [-0.25, -0.2) is 9.59 Å². The van der Waals surface area contributed by atoms with Gasteiger partial charge in [0, 0.05) is 37.7 Å². The van der Waals surface area contributed by atoms with Gasteiger partial charge in [0.05, 0.1) is 17.8 Å². The van der Waals surface area contributed by atoms with Gasteiger partial charge in [-0.3, -0.25) is 43.4 Å². The van der Waals surface area contributed by atoms with Crippen LogP contribution in [-0.2, 0) is 62.3 Å². The quantitative estimate of drug-likeness (QED) is 0.0629. The Labute approximate surface area is 511 Å². The minimum Gasteiger partial charge on any atom is -0.481 e. The lowest BCUT2D eigenvalue weighted by molar-refractivity contribution is -0.144. The number of fused-ring (bicyclic) bond motifs is 2. The molecule has 3 aromatic rings. The number of carbonyl (C=O) groups excluding carboxylic acids is 8. The standard InChI is InChI=1S/C65H92N8O12S/c1-38(71(14)60(82)84-63(6,7)8)54(76)69-52(65(12,13)86-37-51(74)75)58(80)68-49(56(78)66-47-28-20-24-42-22-16-18-26-45(42)47)34-40-30-32-41(33-31-40)44-35-50(57(79)67-48-29-21-25-43-23-17-19-27-46(43)48)73(36-44)59(81)53(62(3,4)5)70-55(77)39(2)72(15)61(83)85-64(9,10)11/h16-19,22-23,26-27,30-33,38-39,44,47-50,52-53H,20-21,24-25,28-29,34-37H2,1-15H3,(H,66,78)(H,67,79)(H,68,80)(H,69,76)(H,70,77)(H,74,75)/t38-,39-,44-,47+,48+,49-,50-,52+,53+/m0/s1. The molecule has 9 atom stereocenters. The summed E-state index contributed by atoms with van der Waals surface area (Å²) in [6.45, 7) is 22.1. The Morgan fingerprint density at radius 2 is 1.10 bits per heavy atom. The van der Waals surface area contributed by atoms with Gasteiger partial charge in [0.2, 0.25) is 35.4 Å². The first-order valence-electron chi connectivity index (χ1n) is 29.9. The zero-order valence-corrected chi connectivity index (χ0v) is 53.7. The van der Waals surface area contributed by atoms with Crippen molar-refractivity contribution in [1.29, 1.82) is 0 Å². The van der Waals surface area contributed by atoms with Crippen molar-refractivity contribution in [3.8, 4) is 0 Å². The molecule has 1 heterocycles. The number of rotatable bonds is 20. The van der Waals surface area contributed by atoms with Crippen LogP contribution in [0.25, 0.3) is 0 Å². The summed E-state index contributed by atoms with van der Waals surface area (Å²) in [4.78, 5) is 130. The SMILES string of the molecule is C[C@@H](C(=O)N[C@H](C(=O)N1C[C@@H](c2ccc(C[C@H](NC(=O)[C@@H](NC(=O)[C@H](C)N(C)C(=O)OC(C)(C)C)C(C)(C)SCC(=O)O)C(=O)N[C@@H]3CCCc4ccccc43)cc2)C[C@H]1C(=O)N[C@@H]1CCCc2ccccc21)C(C)(C)C)N(C)C(=O)OC(C)(C)C. The van der Waals surface area contributed by atoms with Gasteiger partial charge in [0.15, 0.2) is 0 Å². The first-order chi connectivity index (χ1) is 40.0. The topological polar surface area (TPSA) is 262 Å². The van der Waals surface area contributed by atoms with E-state index in [0.29, 0.717) is 12.0 Å². The van der Waals surface area contributed by atoms with E-state index >= 15 is 4.79 Å². The molecule has 3 aromatic carbocycles. The van der Waals surface area contributed by atoms with E-state index in [1.165, 1.54) is 25.9 Å². The van der Waals surface area contributed by atoms with E-state index in [0.717, 1.165) is 76.6 Å². The lowest BCUT2D eigenvalue weighted by Gasteiger charge is -2.37. The second-order valence-electron chi connectivity index (χ2n) is 26.8. The molecule has 6 rings (SSSR count). The number of hydrogen-bond acceptors (Lipinski definition) is 12. The average molecular weight is 1210 g/mol. The molecule has 470 valence electrons. The number of likely N-dealkylation sites (tertiary alicyclic amines) is 1. The van der Waals surface area contributed by atoms with E-state index in [1.807, 2.05) is 87.5 Å². The Morgan fingerprint density at radius 1 is 0.628 bits per heavy atom. The number of benzene rings is 3. The molecule has 3 aliphatic rings. The van der Waals surface area contributed by atoms with Gasteiger partial charge in [-0.2, -0.15) is 0 Å². The third kappa shape index (κ3) is 18.0. The highest BCUT2D eigenvalue weighted by Gasteiger charge is 2.47. The van der Waals surface area contributed by atoms with Gasteiger partial charge in [0.25, 0.3) is 0 Å². The summed E-state index contributed by atoms with van der Waals surface area (Å²) in [5.74, 6) is -5.27. The number of carbonyl (C=O) groups is 9. The summed E-state index contributed by atoms with van der Waals surface area (Å²) in [5, 5.41) is 24.8. The number of carboxylic acids is 1. The second kappa shape index (κ2) is 28.1. The number of aliphatic carboxylic acids is 1. The maximum absolute atomic E-state index is 15.2. The molecule has 8 amide bonds. The zero-order chi connectivity index (χ0) is 63.8. The Balaban J connectivity index is 1.31. The molecule has 1 saturated heterocycles. The molecule has 0 bridgehead atoms. The molecular weight excluding hydrogens is 1120 g/mol. The number of likely N-dealkylation sites (N-methyl/N-ethyl adjacent to an activating group) is 2. The van der Waals surface area contributed by atoms with Crippen molar-refractivity contribution >= 4 is 65.4 Å². The molecule has 21 heteroatoms. The van der Waals surface area contributed by atoms with Gasteiger partial charge in [0.1, 0.15) is 47.5 Å². The largest absolute Gasteiger partial charge is 0.481 e. The van der Waals surface area contributed by atoms with Gasteiger partial charge in [-0.15, -0.1) is 11.8 Å². The molecule has 0 aromatic heterocycles. The van der Waals surface area contributed by atoms with Crippen LogP contribution >= 0.6 is 11.8 Å². The van der Waals surface area contributed by atoms with E-state index in [1.54, 1.807) is 67.2 Å². The number of nitrogens with zero attached hydrogens (tertiary/aromatic N) is 3. The van der Waals surface area contributed by atoms with Crippen molar-refractivity contribution in [1.82, 2.24) is 41.3 Å². The van der Waals surface area contributed by atoms with Crippen molar-refractivity contribution in [2.24, 2.45) is 5.41 Å². The lowest BCUT2D eigenvalue weighted by Crippen LogP contribution is -2.62. The molecule has 2 aliphatic carbocycles. The Kier molecular flexibility index (Phi) is 22.2. The number of thioether (sulfide) groups is 1. The van der Waals surface area contributed by atoms with Gasteiger partial charge in [-0.1, -0.05) is 93.6 Å².